The lowest BCUT2D eigenvalue weighted by atomic mass is 9.70. The zero-order valence-corrected chi connectivity index (χ0v) is 20.1. The van der Waals surface area contributed by atoms with Crippen molar-refractivity contribution >= 4 is 11.0 Å². The van der Waals surface area contributed by atoms with Gasteiger partial charge in [0, 0.05) is 25.1 Å². The molecule has 0 fully saturated rings. The predicted molar refractivity (Wildman–Crippen MR) is 133 cm³/mol. The van der Waals surface area contributed by atoms with Gasteiger partial charge >= 0.3 is 0 Å². The van der Waals surface area contributed by atoms with Crippen molar-refractivity contribution in [3.05, 3.63) is 71.1 Å². The molecule has 4 nitrogen and oxygen atoms in total. The predicted octanol–water partition coefficient (Wildman–Crippen LogP) is 6.07. The van der Waals surface area contributed by atoms with Crippen LogP contribution < -0.4 is 10.1 Å². The van der Waals surface area contributed by atoms with E-state index in [2.05, 4.69) is 74.4 Å². The molecule has 32 heavy (non-hydrogen) atoms. The Balaban J connectivity index is 1.44. The van der Waals surface area contributed by atoms with Crippen LogP contribution in [0.3, 0.4) is 0 Å². The first kappa shape index (κ1) is 22.6. The first-order valence-corrected chi connectivity index (χ1v) is 11.9. The normalized spacial score (nSPS) is 21.2. The van der Waals surface area contributed by atoms with Crippen LogP contribution in [0.2, 0.25) is 0 Å². The number of hydrogen-bond acceptors (Lipinski definition) is 3. The van der Waals surface area contributed by atoms with Gasteiger partial charge in [0.25, 0.3) is 0 Å². The number of hydrogen-bond donors (Lipinski definition) is 2. The Bertz CT molecular complexity index is 1080. The smallest absolute Gasteiger partial charge is 0.123 e. The monoisotopic (exact) mass is 431 g/mol. The van der Waals surface area contributed by atoms with Crippen LogP contribution in [-0.2, 0) is 13.0 Å². The fourth-order valence-corrected chi connectivity index (χ4v) is 5.29. The zero-order chi connectivity index (χ0) is 22.7. The molecule has 0 saturated heterocycles. The van der Waals surface area contributed by atoms with Crippen LogP contribution in [0.4, 0.5) is 0 Å². The molecule has 4 rings (SSSR count). The van der Waals surface area contributed by atoms with Crippen LogP contribution in [0.5, 0.6) is 5.75 Å². The number of aromatic amines is 1. The van der Waals surface area contributed by atoms with Gasteiger partial charge in [0.15, 0.2) is 0 Å². The molecule has 1 aliphatic carbocycles. The Kier molecular flexibility index (Phi) is 7.00. The summed E-state index contributed by atoms with van der Waals surface area (Å²) < 4.78 is 5.50. The number of benzene rings is 2. The van der Waals surface area contributed by atoms with Crippen molar-refractivity contribution < 1.29 is 4.74 Å². The zero-order valence-electron chi connectivity index (χ0n) is 20.1. The van der Waals surface area contributed by atoms with Gasteiger partial charge in [-0.05, 0) is 61.6 Å². The first-order valence-electron chi connectivity index (χ1n) is 11.9. The molecule has 4 heteroatoms. The molecule has 0 bridgehead atoms. The summed E-state index contributed by atoms with van der Waals surface area (Å²) in [4.78, 5) is 8.48. The number of nitrogens with one attached hydrogen (secondary N) is 2. The van der Waals surface area contributed by atoms with E-state index in [-0.39, 0.29) is 0 Å². The van der Waals surface area contributed by atoms with Crippen molar-refractivity contribution in [1.29, 1.82) is 0 Å². The number of methoxy groups -OCH3 is 1. The minimum atomic E-state index is 0.550. The minimum absolute atomic E-state index is 0.550. The lowest BCUT2D eigenvalue weighted by molar-refractivity contribution is 0.221. The van der Waals surface area contributed by atoms with Gasteiger partial charge in [-0.2, -0.15) is 0 Å². The largest absolute Gasteiger partial charge is 0.496 e. The number of aryl methyl sites for hydroxylation is 1. The summed E-state index contributed by atoms with van der Waals surface area (Å²) in [5.41, 5.74) is 6.21. The van der Waals surface area contributed by atoms with Gasteiger partial charge < -0.3 is 15.0 Å². The van der Waals surface area contributed by atoms with Gasteiger partial charge in [-0.25, -0.2) is 4.98 Å². The number of rotatable bonds is 8. The highest BCUT2D eigenvalue weighted by Crippen LogP contribution is 2.38. The molecule has 0 radical (unpaired) electrons. The van der Waals surface area contributed by atoms with E-state index in [1.165, 1.54) is 23.1 Å². The molecule has 0 spiro atoms. The van der Waals surface area contributed by atoms with Gasteiger partial charge in [-0.1, -0.05) is 55.8 Å². The first-order chi connectivity index (χ1) is 15.5. The highest BCUT2D eigenvalue weighted by molar-refractivity contribution is 5.78. The molecule has 1 aromatic heterocycles. The number of allylic oxidation sites excluding steroid dienone is 1. The second kappa shape index (κ2) is 9.91. The third-order valence-electron chi connectivity index (χ3n) is 7.18. The quantitative estimate of drug-likeness (QED) is 0.426. The van der Waals surface area contributed by atoms with Gasteiger partial charge in [0.1, 0.15) is 11.6 Å². The Morgan fingerprint density at radius 3 is 2.69 bits per heavy atom. The number of fused-ring (bicyclic) bond motifs is 1. The molecule has 2 aromatic carbocycles. The lowest BCUT2D eigenvalue weighted by Gasteiger charge is -2.37. The molecule has 0 saturated carbocycles. The summed E-state index contributed by atoms with van der Waals surface area (Å²) in [6.45, 7) is 11.0. The number of para-hydroxylation sites is 2. The van der Waals surface area contributed by atoms with Crippen LogP contribution in [0.15, 0.2) is 54.1 Å². The van der Waals surface area contributed by atoms with Crippen LogP contribution in [0.1, 0.15) is 44.1 Å². The molecular weight excluding hydrogens is 394 g/mol. The SMILES string of the molecule is COc1ccccc1CNC[C@@H]1C=C(C)[C@H](Cc2nc3c(C)cccc3[nH]2)C[C@H]1C(C)C. The molecule has 1 aliphatic rings. The lowest BCUT2D eigenvalue weighted by Crippen LogP contribution is -2.34. The van der Waals surface area contributed by atoms with E-state index in [1.54, 1.807) is 7.11 Å². The maximum absolute atomic E-state index is 5.50. The maximum Gasteiger partial charge on any atom is 0.123 e. The van der Waals surface area contributed by atoms with Crippen molar-refractivity contribution in [2.45, 2.75) is 47.1 Å². The third kappa shape index (κ3) is 4.91. The summed E-state index contributed by atoms with van der Waals surface area (Å²) in [7, 11) is 1.74. The second-order valence-corrected chi connectivity index (χ2v) is 9.72. The number of ether oxygens (including phenoxy) is 1. The maximum atomic E-state index is 5.50. The fraction of sp³-hybridized carbons (Fsp3) is 0.464. The molecule has 0 amide bonds. The molecule has 0 aliphatic heterocycles. The highest BCUT2D eigenvalue weighted by Gasteiger charge is 2.32. The highest BCUT2D eigenvalue weighted by atomic mass is 16.5. The third-order valence-corrected chi connectivity index (χ3v) is 7.18. The number of imidazole rings is 1. The summed E-state index contributed by atoms with van der Waals surface area (Å²) in [5, 5.41) is 3.70. The van der Waals surface area contributed by atoms with Crippen molar-refractivity contribution in [3.63, 3.8) is 0 Å². The average molecular weight is 432 g/mol. The van der Waals surface area contributed by atoms with Crippen LogP contribution in [-0.4, -0.2) is 23.6 Å². The van der Waals surface area contributed by atoms with E-state index in [0.717, 1.165) is 42.1 Å². The Morgan fingerprint density at radius 2 is 1.94 bits per heavy atom. The number of aromatic nitrogens is 2. The molecule has 2 N–H and O–H groups in total. The molecular formula is C28H37N3O. The van der Waals surface area contributed by atoms with Crippen molar-refractivity contribution in [2.75, 3.05) is 13.7 Å². The second-order valence-electron chi connectivity index (χ2n) is 9.72. The Morgan fingerprint density at radius 1 is 1.12 bits per heavy atom. The standard InChI is InChI=1S/C28H37N3O/c1-18(2)24-14-22(15-27-30-25-11-8-9-19(3)28(25)31-27)20(4)13-23(24)17-29-16-21-10-6-7-12-26(21)32-5/h6-13,18,22-24,29H,14-17H2,1-5H3,(H,30,31)/t22-,23-,24-/m0/s1. The van der Waals surface area contributed by atoms with E-state index >= 15 is 0 Å². The molecule has 0 unspecified atom stereocenters. The Labute approximate surface area is 192 Å². The topological polar surface area (TPSA) is 49.9 Å². The molecule has 3 atom stereocenters. The van der Waals surface area contributed by atoms with E-state index in [4.69, 9.17) is 9.72 Å². The van der Waals surface area contributed by atoms with Crippen molar-refractivity contribution in [3.8, 4) is 5.75 Å². The van der Waals surface area contributed by atoms with E-state index < -0.39 is 0 Å². The molecule has 3 aromatic rings. The number of H-pyrrole nitrogens is 1. The van der Waals surface area contributed by atoms with Gasteiger partial charge in [-0.15, -0.1) is 0 Å². The van der Waals surface area contributed by atoms with Crippen molar-refractivity contribution in [1.82, 2.24) is 15.3 Å². The fourth-order valence-electron chi connectivity index (χ4n) is 5.29. The van der Waals surface area contributed by atoms with Crippen LogP contribution in [0.25, 0.3) is 11.0 Å². The van der Waals surface area contributed by atoms with E-state index in [1.807, 2.05) is 12.1 Å². The van der Waals surface area contributed by atoms with Crippen LogP contribution >= 0.6 is 0 Å². The van der Waals surface area contributed by atoms with Gasteiger partial charge in [0.05, 0.1) is 18.1 Å². The van der Waals surface area contributed by atoms with Crippen molar-refractivity contribution in [2.24, 2.45) is 23.7 Å². The van der Waals surface area contributed by atoms with Crippen LogP contribution in [0, 0.1) is 30.6 Å². The molecule has 1 heterocycles. The summed E-state index contributed by atoms with van der Waals surface area (Å²) in [5.74, 6) is 4.49. The van der Waals surface area contributed by atoms with Gasteiger partial charge in [0.2, 0.25) is 0 Å². The van der Waals surface area contributed by atoms with E-state index in [0.29, 0.717) is 23.7 Å². The Hall–Kier alpha value is -2.59. The summed E-state index contributed by atoms with van der Waals surface area (Å²) in [6, 6.07) is 14.6. The van der Waals surface area contributed by atoms with E-state index in [9.17, 15) is 0 Å². The minimum Gasteiger partial charge on any atom is -0.496 e. The van der Waals surface area contributed by atoms with Gasteiger partial charge in [-0.3, -0.25) is 0 Å². The number of nitrogens with zero attached hydrogens (tertiary/aromatic N) is 1. The molecule has 170 valence electrons. The average Bonchev–Trinajstić information content (AvgIpc) is 3.19. The summed E-state index contributed by atoms with van der Waals surface area (Å²) >= 11 is 0. The summed E-state index contributed by atoms with van der Waals surface area (Å²) in [6.07, 6.45) is 4.74.